The number of carbonyl (C=O) groups is 2. The van der Waals surface area contributed by atoms with Crippen LogP contribution in [0.1, 0.15) is 27.4 Å². The molecule has 4 heterocycles. The summed E-state index contributed by atoms with van der Waals surface area (Å²) in [5.41, 5.74) is 1.06. The van der Waals surface area contributed by atoms with Crippen LogP contribution in [0.5, 0.6) is 5.75 Å². The largest absolute Gasteiger partial charge is 0.497 e. The zero-order chi connectivity index (χ0) is 25.0. The number of benzene rings is 2. The summed E-state index contributed by atoms with van der Waals surface area (Å²) in [5, 5.41) is 14.6. The maximum atomic E-state index is 14.3. The number of nitrogens with one attached hydrogen (secondary N) is 1. The summed E-state index contributed by atoms with van der Waals surface area (Å²) >= 11 is 1.69. The summed E-state index contributed by atoms with van der Waals surface area (Å²) in [6.07, 6.45) is 3.11. The second-order valence-corrected chi connectivity index (χ2v) is 10.1. The van der Waals surface area contributed by atoms with E-state index in [1.54, 1.807) is 55.4 Å². The van der Waals surface area contributed by atoms with Gasteiger partial charge in [0.1, 0.15) is 11.3 Å². The van der Waals surface area contributed by atoms with Gasteiger partial charge in [-0.15, -0.1) is 11.8 Å². The molecule has 0 bridgehead atoms. The molecule has 9 nitrogen and oxygen atoms in total. The number of anilines is 1. The first-order chi connectivity index (χ1) is 17.5. The van der Waals surface area contributed by atoms with Gasteiger partial charge in [-0.3, -0.25) is 29.6 Å². The lowest BCUT2D eigenvalue weighted by Gasteiger charge is -2.36. The van der Waals surface area contributed by atoms with Gasteiger partial charge in [0.25, 0.3) is 5.69 Å². The number of hydrogen-bond acceptors (Lipinski definition) is 8. The lowest BCUT2D eigenvalue weighted by Crippen LogP contribution is -2.52. The Kier molecular flexibility index (Phi) is 5.31. The van der Waals surface area contributed by atoms with Gasteiger partial charge in [-0.05, 0) is 35.9 Å². The quantitative estimate of drug-likeness (QED) is 0.318. The van der Waals surface area contributed by atoms with Crippen LogP contribution in [-0.4, -0.2) is 51.3 Å². The van der Waals surface area contributed by atoms with Crippen LogP contribution < -0.4 is 10.1 Å². The van der Waals surface area contributed by atoms with Crippen molar-refractivity contribution in [2.24, 2.45) is 5.92 Å². The number of nitrogens with zero attached hydrogens (tertiary/aromatic N) is 3. The van der Waals surface area contributed by atoms with Crippen LogP contribution in [0.2, 0.25) is 0 Å². The van der Waals surface area contributed by atoms with E-state index in [0.717, 1.165) is 0 Å². The first kappa shape index (κ1) is 22.7. The Labute approximate surface area is 211 Å². The van der Waals surface area contributed by atoms with E-state index in [4.69, 9.17) is 4.74 Å². The summed E-state index contributed by atoms with van der Waals surface area (Å²) in [6, 6.07) is 15.1. The maximum Gasteiger partial charge on any atom is 0.269 e. The van der Waals surface area contributed by atoms with Gasteiger partial charge in [0.15, 0.2) is 5.78 Å². The minimum Gasteiger partial charge on any atom is -0.497 e. The minimum absolute atomic E-state index is 0.0452. The number of aromatic nitrogens is 1. The number of hydrogen-bond donors (Lipinski definition) is 1. The number of rotatable bonds is 5. The van der Waals surface area contributed by atoms with Crippen LogP contribution in [0, 0.1) is 16.0 Å². The standard InChI is InChI=1S/C26H22N4O5S/c1-35-18-7-8-20-19(11-18)26(25(32)28-20)23(24(31)16-5-3-9-27-12-16)22(21-13-36-14-29(21)26)15-4-2-6-17(10-15)30(33)34/h2-12,21-23H,13-14H2,1H3,(H,28,32)/t21-,22+,23+,26-/m1/s1. The lowest BCUT2D eigenvalue weighted by atomic mass is 9.69. The van der Waals surface area contributed by atoms with Gasteiger partial charge in [0, 0.05) is 64.9 Å². The molecule has 36 heavy (non-hydrogen) atoms. The molecule has 0 radical (unpaired) electrons. The number of ketones is 1. The second-order valence-electron chi connectivity index (χ2n) is 9.13. The first-order valence-electron chi connectivity index (χ1n) is 11.5. The fourth-order valence-electron chi connectivity index (χ4n) is 6.09. The van der Waals surface area contributed by atoms with Crippen LogP contribution in [-0.2, 0) is 10.3 Å². The highest BCUT2D eigenvalue weighted by Crippen LogP contribution is 2.61. The van der Waals surface area contributed by atoms with Crippen molar-refractivity contribution in [2.75, 3.05) is 24.1 Å². The molecule has 0 aliphatic carbocycles. The van der Waals surface area contributed by atoms with Crippen molar-refractivity contribution in [2.45, 2.75) is 17.5 Å². The molecule has 1 N–H and O–H groups in total. The predicted octanol–water partition coefficient (Wildman–Crippen LogP) is 3.82. The van der Waals surface area contributed by atoms with Crippen molar-refractivity contribution in [1.82, 2.24) is 9.88 Å². The van der Waals surface area contributed by atoms with E-state index in [9.17, 15) is 19.7 Å². The first-order valence-corrected chi connectivity index (χ1v) is 12.7. The van der Waals surface area contributed by atoms with Gasteiger partial charge in [-0.2, -0.15) is 0 Å². The van der Waals surface area contributed by atoms with Gasteiger partial charge < -0.3 is 10.1 Å². The van der Waals surface area contributed by atoms with Gasteiger partial charge in [-0.1, -0.05) is 12.1 Å². The molecular formula is C26H22N4O5S. The van der Waals surface area contributed by atoms with Crippen molar-refractivity contribution in [3.63, 3.8) is 0 Å². The number of fused-ring (bicyclic) bond motifs is 4. The maximum absolute atomic E-state index is 14.3. The van der Waals surface area contributed by atoms with Crippen molar-refractivity contribution >= 4 is 34.8 Å². The van der Waals surface area contributed by atoms with Gasteiger partial charge in [0.05, 0.1) is 18.0 Å². The lowest BCUT2D eigenvalue weighted by molar-refractivity contribution is -0.384. The molecule has 1 spiro atoms. The zero-order valence-electron chi connectivity index (χ0n) is 19.3. The molecule has 6 rings (SSSR count). The second kappa shape index (κ2) is 8.42. The van der Waals surface area contributed by atoms with Crippen molar-refractivity contribution in [3.8, 4) is 5.75 Å². The molecule has 1 aromatic heterocycles. The third kappa shape index (κ3) is 3.11. The molecule has 2 aromatic carbocycles. The number of nitro benzene ring substituents is 1. The van der Waals surface area contributed by atoms with E-state index in [1.165, 1.54) is 18.3 Å². The molecule has 0 saturated carbocycles. The van der Waals surface area contributed by atoms with Crippen LogP contribution in [0.25, 0.3) is 0 Å². The molecule has 2 saturated heterocycles. The van der Waals surface area contributed by atoms with Crippen molar-refractivity contribution in [1.29, 1.82) is 0 Å². The number of Topliss-reactive ketones (excluding diaryl/α,β-unsaturated/α-hetero) is 1. The minimum atomic E-state index is -1.29. The Morgan fingerprint density at radius 1 is 1.25 bits per heavy atom. The van der Waals surface area contributed by atoms with Crippen molar-refractivity contribution < 1.29 is 19.2 Å². The number of amides is 1. The summed E-state index contributed by atoms with van der Waals surface area (Å²) in [7, 11) is 1.56. The molecular weight excluding hydrogens is 480 g/mol. The summed E-state index contributed by atoms with van der Waals surface area (Å²) in [5.74, 6) is 0.0614. The topological polar surface area (TPSA) is 115 Å². The smallest absolute Gasteiger partial charge is 0.269 e. The Morgan fingerprint density at radius 3 is 2.86 bits per heavy atom. The van der Waals surface area contributed by atoms with Crippen LogP contribution in [0.15, 0.2) is 67.0 Å². The molecule has 3 aromatic rings. The number of carbonyl (C=O) groups excluding carboxylic acids is 2. The third-order valence-corrected chi connectivity index (χ3v) is 8.56. The molecule has 0 unspecified atom stereocenters. The fraction of sp³-hybridized carbons (Fsp3) is 0.269. The highest BCUT2D eigenvalue weighted by Gasteiger charge is 2.69. The molecule has 1 amide bonds. The summed E-state index contributed by atoms with van der Waals surface area (Å²) in [6.45, 7) is 0. The molecule has 4 atom stereocenters. The Balaban J connectivity index is 1.63. The number of methoxy groups -OCH3 is 1. The Hall–Kier alpha value is -3.76. The Morgan fingerprint density at radius 2 is 2.11 bits per heavy atom. The number of ether oxygens (including phenoxy) is 1. The number of thioether (sulfide) groups is 1. The molecule has 10 heteroatoms. The average Bonchev–Trinajstić information content (AvgIpc) is 3.57. The zero-order valence-corrected chi connectivity index (χ0v) is 20.1. The van der Waals surface area contributed by atoms with E-state index in [-0.39, 0.29) is 23.4 Å². The normalized spacial score (nSPS) is 26.5. The Bertz CT molecular complexity index is 1400. The van der Waals surface area contributed by atoms with Crippen molar-refractivity contribution in [3.05, 3.63) is 93.8 Å². The van der Waals surface area contributed by atoms with Crippen LogP contribution in [0.4, 0.5) is 11.4 Å². The molecule has 182 valence electrons. The highest BCUT2D eigenvalue weighted by molar-refractivity contribution is 7.99. The van der Waals surface area contributed by atoms with Gasteiger partial charge >= 0.3 is 0 Å². The number of pyridine rings is 1. The molecule has 3 aliphatic rings. The fourth-order valence-corrected chi connectivity index (χ4v) is 7.41. The monoisotopic (exact) mass is 502 g/mol. The highest BCUT2D eigenvalue weighted by atomic mass is 32.2. The van der Waals surface area contributed by atoms with Crippen LogP contribution >= 0.6 is 11.8 Å². The third-order valence-electron chi connectivity index (χ3n) is 7.52. The van der Waals surface area contributed by atoms with Gasteiger partial charge in [0.2, 0.25) is 5.91 Å². The summed E-state index contributed by atoms with van der Waals surface area (Å²) < 4.78 is 5.49. The average molecular weight is 503 g/mol. The van der Waals surface area contributed by atoms with E-state index in [0.29, 0.717) is 39.8 Å². The van der Waals surface area contributed by atoms with E-state index in [1.807, 2.05) is 12.1 Å². The predicted molar refractivity (Wildman–Crippen MR) is 134 cm³/mol. The SMILES string of the molecule is COc1ccc2c(c1)[C@]1(C(=O)N2)[C@H](C(=O)c2cccnc2)[C@@H](c2cccc([N+](=O)[O-])c2)[C@H]2CSCN21. The molecule has 3 aliphatic heterocycles. The van der Waals surface area contributed by atoms with Crippen LogP contribution in [0.3, 0.4) is 0 Å². The molecule has 2 fully saturated rings. The van der Waals surface area contributed by atoms with E-state index in [2.05, 4.69) is 15.2 Å². The number of non-ortho nitro benzene ring substituents is 1. The van der Waals surface area contributed by atoms with Gasteiger partial charge in [-0.25, -0.2) is 0 Å². The summed E-state index contributed by atoms with van der Waals surface area (Å²) in [4.78, 5) is 45.8. The number of nitro groups is 1. The van der Waals surface area contributed by atoms with E-state index < -0.39 is 22.3 Å². The van der Waals surface area contributed by atoms with E-state index >= 15 is 0 Å².